The Labute approximate surface area is 108 Å². The van der Waals surface area contributed by atoms with E-state index in [1.807, 2.05) is 19.1 Å². The lowest BCUT2D eigenvalue weighted by Gasteiger charge is -2.22. The van der Waals surface area contributed by atoms with Crippen LogP contribution in [0.3, 0.4) is 0 Å². The van der Waals surface area contributed by atoms with Gasteiger partial charge in [-0.25, -0.2) is 0 Å². The number of hydrogen-bond acceptors (Lipinski definition) is 4. The molecule has 1 aromatic rings. The molecule has 100 valence electrons. The van der Waals surface area contributed by atoms with Gasteiger partial charge in [-0.05, 0) is 19.8 Å². The fraction of sp³-hybridized carbons (Fsp3) is 0.643. The summed E-state index contributed by atoms with van der Waals surface area (Å²) >= 11 is 0. The summed E-state index contributed by atoms with van der Waals surface area (Å²) in [5.74, 6) is 0.832. The van der Waals surface area contributed by atoms with Crippen LogP contribution in [0.2, 0.25) is 0 Å². The zero-order valence-corrected chi connectivity index (χ0v) is 11.2. The average Bonchev–Trinajstić information content (AvgIpc) is 2.75. The molecule has 4 heteroatoms. The highest BCUT2D eigenvalue weighted by Crippen LogP contribution is 2.28. The molecule has 0 atom stereocenters. The number of rotatable bonds is 5. The van der Waals surface area contributed by atoms with Crippen molar-refractivity contribution in [3.8, 4) is 5.75 Å². The minimum Gasteiger partial charge on any atom is -0.497 e. The minimum absolute atomic E-state index is 0.506. The molecule has 0 bridgehead atoms. The summed E-state index contributed by atoms with van der Waals surface area (Å²) in [6, 6.07) is 3.84. The van der Waals surface area contributed by atoms with E-state index in [-0.39, 0.29) is 0 Å². The molecule has 1 saturated carbocycles. The third kappa shape index (κ3) is 3.43. The first-order valence-electron chi connectivity index (χ1n) is 6.56. The minimum atomic E-state index is -0.506. The van der Waals surface area contributed by atoms with Gasteiger partial charge in [-0.15, -0.1) is 0 Å². The van der Waals surface area contributed by atoms with Crippen molar-refractivity contribution in [2.24, 2.45) is 0 Å². The van der Waals surface area contributed by atoms with E-state index < -0.39 is 5.60 Å². The Hall–Kier alpha value is -1.13. The van der Waals surface area contributed by atoms with Gasteiger partial charge in [0.2, 0.25) is 0 Å². The number of nitrogens with zero attached hydrogens (tertiary/aromatic N) is 1. The van der Waals surface area contributed by atoms with Crippen molar-refractivity contribution in [1.29, 1.82) is 0 Å². The molecule has 0 radical (unpaired) electrons. The van der Waals surface area contributed by atoms with E-state index in [4.69, 9.17) is 4.74 Å². The first kappa shape index (κ1) is 13.3. The van der Waals surface area contributed by atoms with Gasteiger partial charge in [-0.3, -0.25) is 4.98 Å². The summed E-state index contributed by atoms with van der Waals surface area (Å²) in [4.78, 5) is 4.44. The summed E-state index contributed by atoms with van der Waals surface area (Å²) in [7, 11) is 1.66. The molecule has 2 N–H and O–H groups in total. The van der Waals surface area contributed by atoms with E-state index >= 15 is 0 Å². The fourth-order valence-electron chi connectivity index (χ4n) is 2.54. The molecule has 0 aliphatic heterocycles. The van der Waals surface area contributed by atoms with E-state index in [1.54, 1.807) is 7.11 Å². The van der Waals surface area contributed by atoms with Crippen LogP contribution in [0.1, 0.15) is 37.1 Å². The maximum atomic E-state index is 10.2. The van der Waals surface area contributed by atoms with E-state index in [9.17, 15) is 5.11 Å². The highest BCUT2D eigenvalue weighted by atomic mass is 16.5. The first-order chi connectivity index (χ1) is 8.61. The summed E-state index contributed by atoms with van der Waals surface area (Å²) in [6.45, 7) is 3.27. The Morgan fingerprint density at radius 3 is 2.78 bits per heavy atom. The van der Waals surface area contributed by atoms with Crippen LogP contribution in [0.5, 0.6) is 5.75 Å². The predicted molar refractivity (Wildman–Crippen MR) is 70.7 cm³/mol. The van der Waals surface area contributed by atoms with Crippen LogP contribution in [0.25, 0.3) is 0 Å². The normalized spacial score (nSPS) is 17.9. The average molecular weight is 250 g/mol. The second-order valence-electron chi connectivity index (χ2n) is 5.17. The molecule has 0 spiro atoms. The number of nitrogens with one attached hydrogen (secondary N) is 1. The number of methoxy groups -OCH3 is 1. The van der Waals surface area contributed by atoms with Crippen LogP contribution in [0, 0.1) is 6.92 Å². The van der Waals surface area contributed by atoms with E-state index in [0.717, 1.165) is 42.8 Å². The van der Waals surface area contributed by atoms with Crippen molar-refractivity contribution < 1.29 is 9.84 Å². The third-order valence-corrected chi connectivity index (χ3v) is 3.51. The van der Waals surface area contributed by atoms with Crippen molar-refractivity contribution >= 4 is 0 Å². The lowest BCUT2D eigenvalue weighted by Crippen LogP contribution is -2.37. The molecule has 0 aromatic carbocycles. The molecule has 4 nitrogen and oxygen atoms in total. The molecule has 0 unspecified atom stereocenters. The summed E-state index contributed by atoms with van der Waals surface area (Å²) in [5, 5.41) is 13.5. The molecule has 1 aromatic heterocycles. The molecule has 1 heterocycles. The van der Waals surface area contributed by atoms with Gasteiger partial charge in [0.15, 0.2) is 0 Å². The number of pyridine rings is 1. The summed E-state index contributed by atoms with van der Waals surface area (Å²) in [5.41, 5.74) is 1.40. The van der Waals surface area contributed by atoms with Crippen molar-refractivity contribution in [2.45, 2.75) is 44.8 Å². The van der Waals surface area contributed by atoms with E-state index in [1.165, 1.54) is 0 Å². The van der Waals surface area contributed by atoms with Crippen LogP contribution in [0.15, 0.2) is 12.1 Å². The topological polar surface area (TPSA) is 54.4 Å². The van der Waals surface area contributed by atoms with E-state index in [2.05, 4.69) is 10.3 Å². The van der Waals surface area contributed by atoms with Gasteiger partial charge >= 0.3 is 0 Å². The molecule has 0 saturated heterocycles. The standard InChI is InChI=1S/C14H22N2O2/c1-11-7-13(18-2)8-12(16-11)9-15-10-14(17)5-3-4-6-14/h7-8,15,17H,3-6,9-10H2,1-2H3. The number of aryl methyl sites for hydroxylation is 1. The lowest BCUT2D eigenvalue weighted by atomic mass is 10.0. The number of aliphatic hydroxyl groups is 1. The zero-order chi connectivity index (χ0) is 13.0. The van der Waals surface area contributed by atoms with Crippen LogP contribution >= 0.6 is 0 Å². The Bertz CT molecular complexity index is 401. The molecule has 1 fully saturated rings. The van der Waals surface area contributed by atoms with Gasteiger partial charge in [0, 0.05) is 30.9 Å². The molecular weight excluding hydrogens is 228 g/mol. The van der Waals surface area contributed by atoms with Crippen molar-refractivity contribution in [3.63, 3.8) is 0 Å². The fourth-order valence-corrected chi connectivity index (χ4v) is 2.54. The Morgan fingerprint density at radius 2 is 2.11 bits per heavy atom. The largest absolute Gasteiger partial charge is 0.497 e. The van der Waals surface area contributed by atoms with Crippen LogP contribution in [-0.2, 0) is 6.54 Å². The molecule has 2 rings (SSSR count). The Morgan fingerprint density at radius 1 is 1.39 bits per heavy atom. The molecule has 1 aliphatic carbocycles. The summed E-state index contributed by atoms with van der Waals surface area (Å²) < 4.78 is 5.22. The molecular formula is C14H22N2O2. The zero-order valence-electron chi connectivity index (χ0n) is 11.2. The van der Waals surface area contributed by atoms with Crippen molar-refractivity contribution in [2.75, 3.05) is 13.7 Å². The number of ether oxygens (including phenoxy) is 1. The monoisotopic (exact) mass is 250 g/mol. The second kappa shape index (κ2) is 5.67. The highest BCUT2D eigenvalue weighted by Gasteiger charge is 2.30. The Balaban J connectivity index is 1.88. The summed E-state index contributed by atoms with van der Waals surface area (Å²) in [6.07, 6.45) is 4.08. The van der Waals surface area contributed by atoms with Gasteiger partial charge in [-0.1, -0.05) is 12.8 Å². The Kier molecular flexibility index (Phi) is 4.19. The van der Waals surface area contributed by atoms with Gasteiger partial charge in [-0.2, -0.15) is 0 Å². The molecule has 18 heavy (non-hydrogen) atoms. The van der Waals surface area contributed by atoms with Gasteiger partial charge in [0.1, 0.15) is 5.75 Å². The van der Waals surface area contributed by atoms with E-state index in [0.29, 0.717) is 13.1 Å². The smallest absolute Gasteiger partial charge is 0.122 e. The highest BCUT2D eigenvalue weighted by molar-refractivity contribution is 5.26. The first-order valence-corrected chi connectivity index (χ1v) is 6.56. The molecule has 1 aliphatic rings. The quantitative estimate of drug-likeness (QED) is 0.836. The maximum Gasteiger partial charge on any atom is 0.122 e. The van der Waals surface area contributed by atoms with Crippen LogP contribution in [-0.4, -0.2) is 29.3 Å². The van der Waals surface area contributed by atoms with Gasteiger partial charge in [0.05, 0.1) is 18.4 Å². The van der Waals surface area contributed by atoms with Crippen LogP contribution in [0.4, 0.5) is 0 Å². The van der Waals surface area contributed by atoms with Gasteiger partial charge in [0.25, 0.3) is 0 Å². The van der Waals surface area contributed by atoms with Crippen molar-refractivity contribution in [3.05, 3.63) is 23.5 Å². The SMILES string of the molecule is COc1cc(C)nc(CNCC2(O)CCCC2)c1. The lowest BCUT2D eigenvalue weighted by molar-refractivity contribution is 0.0474. The van der Waals surface area contributed by atoms with Crippen LogP contribution < -0.4 is 10.1 Å². The third-order valence-electron chi connectivity index (χ3n) is 3.51. The number of aromatic nitrogens is 1. The predicted octanol–water partition coefficient (Wildman–Crippen LogP) is 1.79. The second-order valence-corrected chi connectivity index (χ2v) is 5.17. The number of hydrogen-bond donors (Lipinski definition) is 2. The molecule has 0 amide bonds. The maximum absolute atomic E-state index is 10.2. The van der Waals surface area contributed by atoms with Gasteiger partial charge < -0.3 is 15.2 Å². The van der Waals surface area contributed by atoms with Crippen molar-refractivity contribution in [1.82, 2.24) is 10.3 Å².